The molecular formula is C23H20N4. The molecule has 2 aromatic rings. The van der Waals surface area contributed by atoms with Gasteiger partial charge in [0.1, 0.15) is 12.1 Å². The molecule has 0 unspecified atom stereocenters. The molecule has 4 heteroatoms. The Labute approximate surface area is 160 Å². The van der Waals surface area contributed by atoms with Crippen molar-refractivity contribution in [2.24, 2.45) is 4.99 Å². The van der Waals surface area contributed by atoms with E-state index in [1.165, 1.54) is 11.3 Å². The molecule has 0 aromatic heterocycles. The van der Waals surface area contributed by atoms with Gasteiger partial charge in [0.2, 0.25) is 5.71 Å². The van der Waals surface area contributed by atoms with Gasteiger partial charge in [0, 0.05) is 29.4 Å². The van der Waals surface area contributed by atoms with E-state index in [1.54, 1.807) is 0 Å². The average molecular weight is 352 g/mol. The molecule has 0 saturated carbocycles. The minimum absolute atomic E-state index is 0.152. The van der Waals surface area contributed by atoms with Gasteiger partial charge in [-0.3, -0.25) is 0 Å². The molecule has 0 saturated heterocycles. The van der Waals surface area contributed by atoms with Crippen LogP contribution in [0.1, 0.15) is 25.0 Å². The van der Waals surface area contributed by atoms with Gasteiger partial charge < -0.3 is 4.90 Å². The van der Waals surface area contributed by atoms with E-state index in [0.717, 1.165) is 11.3 Å². The highest BCUT2D eigenvalue weighted by molar-refractivity contribution is 6.12. The summed E-state index contributed by atoms with van der Waals surface area (Å²) >= 11 is 0. The number of likely N-dealkylation sites (N-methyl/N-ethyl adjacent to an activating group) is 1. The molecule has 1 aliphatic heterocycles. The van der Waals surface area contributed by atoms with Crippen molar-refractivity contribution in [3.8, 4) is 12.1 Å². The Morgan fingerprint density at radius 2 is 1.63 bits per heavy atom. The second kappa shape index (κ2) is 7.32. The van der Waals surface area contributed by atoms with E-state index in [1.807, 2.05) is 60.7 Å². The first-order valence-electron chi connectivity index (χ1n) is 8.69. The number of anilines is 1. The van der Waals surface area contributed by atoms with Gasteiger partial charge in [-0.1, -0.05) is 62.4 Å². The molecule has 0 spiro atoms. The van der Waals surface area contributed by atoms with Gasteiger partial charge in [-0.15, -0.1) is 0 Å². The van der Waals surface area contributed by atoms with Gasteiger partial charge in [0.15, 0.2) is 0 Å². The molecule has 1 heterocycles. The van der Waals surface area contributed by atoms with Gasteiger partial charge in [-0.2, -0.15) is 10.5 Å². The van der Waals surface area contributed by atoms with Gasteiger partial charge >= 0.3 is 0 Å². The normalized spacial score (nSPS) is 16.4. The molecule has 0 radical (unpaired) electrons. The van der Waals surface area contributed by atoms with Crippen LogP contribution in [0.3, 0.4) is 0 Å². The molecule has 0 N–H and O–H groups in total. The van der Waals surface area contributed by atoms with Gasteiger partial charge in [0.05, 0.1) is 5.70 Å². The Bertz CT molecular complexity index is 1010. The topological polar surface area (TPSA) is 63.2 Å². The van der Waals surface area contributed by atoms with Crippen molar-refractivity contribution in [3.63, 3.8) is 0 Å². The summed E-state index contributed by atoms with van der Waals surface area (Å²) in [6, 6.07) is 21.6. The summed E-state index contributed by atoms with van der Waals surface area (Å²) in [6.45, 7) is 4.38. The third kappa shape index (κ3) is 3.38. The molecule has 3 rings (SSSR count). The Morgan fingerprint density at radius 1 is 1.00 bits per heavy atom. The van der Waals surface area contributed by atoms with Crippen LogP contribution in [0, 0.1) is 22.7 Å². The number of benzene rings is 2. The lowest BCUT2D eigenvalue weighted by atomic mass is 9.83. The number of hydrogen-bond donors (Lipinski definition) is 0. The predicted octanol–water partition coefficient (Wildman–Crippen LogP) is 4.83. The highest BCUT2D eigenvalue weighted by atomic mass is 15.2. The predicted molar refractivity (Wildman–Crippen MR) is 109 cm³/mol. The zero-order valence-corrected chi connectivity index (χ0v) is 15.6. The van der Waals surface area contributed by atoms with E-state index in [9.17, 15) is 0 Å². The van der Waals surface area contributed by atoms with E-state index in [4.69, 9.17) is 10.5 Å². The molecule has 1 aliphatic rings. The van der Waals surface area contributed by atoms with Crippen LogP contribution < -0.4 is 4.90 Å². The fourth-order valence-electron chi connectivity index (χ4n) is 3.46. The van der Waals surface area contributed by atoms with Crippen LogP contribution in [0.2, 0.25) is 0 Å². The number of rotatable bonds is 3. The van der Waals surface area contributed by atoms with Crippen molar-refractivity contribution in [2.75, 3.05) is 11.9 Å². The number of para-hydroxylation sites is 1. The van der Waals surface area contributed by atoms with Crippen LogP contribution in [0.4, 0.5) is 5.69 Å². The lowest BCUT2D eigenvalue weighted by molar-refractivity contribution is 0.640. The van der Waals surface area contributed by atoms with Crippen molar-refractivity contribution in [1.29, 1.82) is 10.5 Å². The molecular weight excluding hydrogens is 332 g/mol. The Balaban J connectivity index is 2.11. The van der Waals surface area contributed by atoms with E-state index in [-0.39, 0.29) is 11.1 Å². The molecule has 2 aromatic carbocycles. The first kappa shape index (κ1) is 18.2. The monoisotopic (exact) mass is 352 g/mol. The fraction of sp³-hybridized carbons (Fsp3) is 0.174. The Kier molecular flexibility index (Phi) is 4.92. The number of nitriles is 2. The van der Waals surface area contributed by atoms with Crippen LogP contribution in [-0.2, 0) is 5.41 Å². The van der Waals surface area contributed by atoms with Crippen molar-refractivity contribution in [3.05, 3.63) is 83.6 Å². The molecule has 132 valence electrons. The fourth-order valence-corrected chi connectivity index (χ4v) is 3.46. The van der Waals surface area contributed by atoms with Crippen LogP contribution in [0.25, 0.3) is 5.70 Å². The number of nitrogens with zero attached hydrogens (tertiary/aromatic N) is 4. The van der Waals surface area contributed by atoms with E-state index >= 15 is 0 Å². The van der Waals surface area contributed by atoms with Crippen LogP contribution in [-0.4, -0.2) is 12.8 Å². The molecule has 4 nitrogen and oxygen atoms in total. The first-order valence-corrected chi connectivity index (χ1v) is 8.69. The van der Waals surface area contributed by atoms with Gasteiger partial charge in [0.25, 0.3) is 0 Å². The summed E-state index contributed by atoms with van der Waals surface area (Å²) in [5.41, 5.74) is 4.71. The van der Waals surface area contributed by atoms with Crippen LogP contribution in [0.15, 0.2) is 77.4 Å². The standard InChI is InChI=1S/C23H20N4/c1-23(2)19-11-7-8-12-21(19)27(3)22(23)14-13-20(26-18(15-24)16-25)17-9-5-4-6-10-17/h4-14H,1-3H3. The molecule has 0 atom stereocenters. The minimum Gasteiger partial charge on any atom is -0.347 e. The summed E-state index contributed by atoms with van der Waals surface area (Å²) in [5.74, 6) is 0. The highest BCUT2D eigenvalue weighted by Gasteiger charge is 2.37. The van der Waals surface area contributed by atoms with Gasteiger partial charge in [-0.25, -0.2) is 4.99 Å². The van der Waals surface area contributed by atoms with Crippen molar-refractivity contribution >= 4 is 17.1 Å². The first-order chi connectivity index (χ1) is 13.0. The molecule has 0 fully saturated rings. The number of allylic oxidation sites excluding steroid dienone is 3. The quantitative estimate of drug-likeness (QED) is 0.743. The molecule has 27 heavy (non-hydrogen) atoms. The minimum atomic E-state index is -0.161. The second-order valence-corrected chi connectivity index (χ2v) is 6.86. The van der Waals surface area contributed by atoms with E-state index in [2.05, 4.69) is 49.0 Å². The van der Waals surface area contributed by atoms with Crippen molar-refractivity contribution in [1.82, 2.24) is 0 Å². The lowest BCUT2D eigenvalue weighted by Gasteiger charge is -2.23. The smallest absolute Gasteiger partial charge is 0.218 e. The van der Waals surface area contributed by atoms with E-state index < -0.39 is 0 Å². The number of hydrogen-bond acceptors (Lipinski definition) is 4. The number of aliphatic imine (C=N–C) groups is 1. The summed E-state index contributed by atoms with van der Waals surface area (Å²) in [5, 5.41) is 18.2. The third-order valence-corrected chi connectivity index (χ3v) is 4.85. The third-order valence-electron chi connectivity index (χ3n) is 4.85. The average Bonchev–Trinajstić information content (AvgIpc) is 2.89. The largest absolute Gasteiger partial charge is 0.347 e. The summed E-state index contributed by atoms with van der Waals surface area (Å²) in [4.78, 5) is 6.43. The van der Waals surface area contributed by atoms with Crippen molar-refractivity contribution in [2.45, 2.75) is 19.3 Å². The van der Waals surface area contributed by atoms with Crippen LogP contribution >= 0.6 is 0 Å². The Hall–Kier alpha value is -3.63. The SMILES string of the molecule is CN1C(=CC=C(N=C(C#N)C#N)c2ccccc2)C(C)(C)c2ccccc21. The number of fused-ring (bicyclic) bond motifs is 1. The molecule has 0 amide bonds. The van der Waals surface area contributed by atoms with Crippen molar-refractivity contribution < 1.29 is 0 Å². The van der Waals surface area contributed by atoms with Crippen LogP contribution in [0.5, 0.6) is 0 Å². The zero-order chi connectivity index (χ0) is 19.4. The lowest BCUT2D eigenvalue weighted by Crippen LogP contribution is -2.22. The maximum Gasteiger partial charge on any atom is 0.218 e. The summed E-state index contributed by atoms with van der Waals surface area (Å²) in [6.07, 6.45) is 3.90. The maximum atomic E-state index is 9.09. The second-order valence-electron chi connectivity index (χ2n) is 6.86. The molecule has 0 aliphatic carbocycles. The summed E-state index contributed by atoms with van der Waals surface area (Å²) < 4.78 is 0. The van der Waals surface area contributed by atoms with E-state index in [0.29, 0.717) is 5.70 Å². The summed E-state index contributed by atoms with van der Waals surface area (Å²) in [7, 11) is 2.05. The highest BCUT2D eigenvalue weighted by Crippen LogP contribution is 2.46. The maximum absolute atomic E-state index is 9.09. The Morgan fingerprint density at radius 3 is 2.26 bits per heavy atom. The zero-order valence-electron chi connectivity index (χ0n) is 15.6. The molecule has 0 bridgehead atoms. The van der Waals surface area contributed by atoms with Gasteiger partial charge in [-0.05, 0) is 23.8 Å².